The number of nitrogens with zero attached hydrogens (tertiary/aromatic N) is 4. The summed E-state index contributed by atoms with van der Waals surface area (Å²) in [6.45, 7) is 1.14. The lowest BCUT2D eigenvalue weighted by Gasteiger charge is -2.25. The van der Waals surface area contributed by atoms with Crippen molar-refractivity contribution in [3.05, 3.63) is 69.8 Å². The van der Waals surface area contributed by atoms with E-state index in [1.165, 1.54) is 0 Å². The van der Waals surface area contributed by atoms with Crippen molar-refractivity contribution in [2.45, 2.75) is 44.7 Å². The van der Waals surface area contributed by atoms with E-state index in [4.69, 9.17) is 0 Å². The van der Waals surface area contributed by atoms with Crippen LogP contribution in [0, 0.1) is 0 Å². The van der Waals surface area contributed by atoms with Crippen LogP contribution in [0.3, 0.4) is 0 Å². The number of pyridine rings is 1. The summed E-state index contributed by atoms with van der Waals surface area (Å²) in [5, 5.41) is 5.59. The molecule has 1 aromatic carbocycles. The van der Waals surface area contributed by atoms with Gasteiger partial charge in [0.15, 0.2) is 0 Å². The van der Waals surface area contributed by atoms with E-state index in [0.717, 1.165) is 54.3 Å². The molecular formula is C22H22N4O2. The van der Waals surface area contributed by atoms with Crippen molar-refractivity contribution in [1.82, 2.24) is 19.7 Å². The molecule has 142 valence electrons. The summed E-state index contributed by atoms with van der Waals surface area (Å²) in [5.41, 5.74) is 3.33. The number of benzene rings is 1. The Morgan fingerprint density at radius 1 is 1.11 bits per heavy atom. The first kappa shape index (κ1) is 17.1. The monoisotopic (exact) mass is 374 g/mol. The maximum atomic E-state index is 13.1. The van der Waals surface area contributed by atoms with Gasteiger partial charge in [-0.2, -0.15) is 5.10 Å². The van der Waals surface area contributed by atoms with Gasteiger partial charge in [0.2, 0.25) is 0 Å². The highest BCUT2D eigenvalue weighted by Gasteiger charge is 2.31. The molecule has 6 heteroatoms. The lowest BCUT2D eigenvalue weighted by atomic mass is 10.2. The van der Waals surface area contributed by atoms with Gasteiger partial charge >= 0.3 is 0 Å². The molecule has 3 heterocycles. The zero-order chi connectivity index (χ0) is 19.1. The predicted molar refractivity (Wildman–Crippen MR) is 106 cm³/mol. The zero-order valence-electron chi connectivity index (χ0n) is 15.7. The van der Waals surface area contributed by atoms with E-state index in [1.807, 2.05) is 35.2 Å². The second-order valence-electron chi connectivity index (χ2n) is 7.67. The Labute approximate surface area is 162 Å². The third kappa shape index (κ3) is 2.99. The maximum Gasteiger partial charge on any atom is 0.272 e. The quantitative estimate of drug-likeness (QED) is 0.707. The summed E-state index contributed by atoms with van der Waals surface area (Å²) in [6.07, 6.45) is 4.76. The van der Waals surface area contributed by atoms with E-state index in [9.17, 15) is 9.59 Å². The predicted octanol–water partition coefficient (Wildman–Crippen LogP) is 2.58. The van der Waals surface area contributed by atoms with E-state index < -0.39 is 0 Å². The molecular weight excluding hydrogens is 352 g/mol. The van der Waals surface area contributed by atoms with E-state index in [0.29, 0.717) is 18.8 Å². The van der Waals surface area contributed by atoms with Gasteiger partial charge in [-0.3, -0.25) is 9.59 Å². The Morgan fingerprint density at radius 3 is 2.93 bits per heavy atom. The standard InChI is InChI=1S/C22H22N4O2/c27-21-13-16-6-3-9-19(16)24-26(21)14-17-7-4-12-25(17)22(28)20-11-10-15-5-1-2-8-18(15)23-20/h1-2,5,8,10-11,13,17H,3-4,6-7,9,12,14H2. The first-order valence-electron chi connectivity index (χ1n) is 9.96. The molecule has 28 heavy (non-hydrogen) atoms. The topological polar surface area (TPSA) is 68.1 Å². The van der Waals surface area contributed by atoms with Crippen LogP contribution in [0.1, 0.15) is 41.0 Å². The van der Waals surface area contributed by atoms with Crippen LogP contribution in [-0.2, 0) is 19.4 Å². The first-order valence-corrected chi connectivity index (χ1v) is 9.96. The summed E-state index contributed by atoms with van der Waals surface area (Å²) in [4.78, 5) is 32.0. The van der Waals surface area contributed by atoms with Crippen LogP contribution in [0.5, 0.6) is 0 Å². The molecule has 0 N–H and O–H groups in total. The average Bonchev–Trinajstić information content (AvgIpc) is 3.36. The highest BCUT2D eigenvalue weighted by Crippen LogP contribution is 2.23. The lowest BCUT2D eigenvalue weighted by Crippen LogP contribution is -2.41. The molecule has 1 unspecified atom stereocenters. The third-order valence-electron chi connectivity index (χ3n) is 5.86. The van der Waals surface area contributed by atoms with E-state index in [1.54, 1.807) is 16.8 Å². The SMILES string of the molecule is O=C(c1ccc2ccccc2n1)N1CCCC1Cn1nc2c(cc1=O)CCC2. The van der Waals surface area contributed by atoms with E-state index >= 15 is 0 Å². The van der Waals surface area contributed by atoms with Gasteiger partial charge in [0, 0.05) is 18.0 Å². The van der Waals surface area contributed by atoms with Gasteiger partial charge < -0.3 is 4.90 Å². The van der Waals surface area contributed by atoms with Crippen molar-refractivity contribution >= 4 is 16.8 Å². The molecule has 1 saturated heterocycles. The Morgan fingerprint density at radius 2 is 2.00 bits per heavy atom. The third-order valence-corrected chi connectivity index (χ3v) is 5.86. The van der Waals surface area contributed by atoms with Gasteiger partial charge in [0.25, 0.3) is 11.5 Å². The van der Waals surface area contributed by atoms with Crippen LogP contribution in [0.15, 0.2) is 47.3 Å². The van der Waals surface area contributed by atoms with Crippen molar-refractivity contribution in [2.75, 3.05) is 6.54 Å². The van der Waals surface area contributed by atoms with E-state index in [2.05, 4.69) is 10.1 Å². The molecule has 2 aliphatic rings. The van der Waals surface area contributed by atoms with Crippen LogP contribution in [-0.4, -0.2) is 38.2 Å². The second-order valence-corrected chi connectivity index (χ2v) is 7.67. The van der Waals surface area contributed by atoms with Crippen LogP contribution < -0.4 is 5.56 Å². The van der Waals surface area contributed by atoms with Gasteiger partial charge in [-0.25, -0.2) is 9.67 Å². The molecule has 2 aromatic heterocycles. The van der Waals surface area contributed by atoms with Crippen molar-refractivity contribution < 1.29 is 4.79 Å². The lowest BCUT2D eigenvalue weighted by molar-refractivity contribution is 0.0714. The van der Waals surface area contributed by atoms with Gasteiger partial charge in [0.05, 0.1) is 23.8 Å². The molecule has 1 aliphatic heterocycles. The molecule has 0 saturated carbocycles. The van der Waals surface area contributed by atoms with Gasteiger partial charge in [-0.05, 0) is 49.8 Å². The number of rotatable bonds is 3. The largest absolute Gasteiger partial charge is 0.332 e. The molecule has 5 rings (SSSR count). The number of aromatic nitrogens is 3. The average molecular weight is 374 g/mol. The first-order chi connectivity index (χ1) is 13.7. The Bertz CT molecular complexity index is 1120. The number of amides is 1. The molecule has 6 nitrogen and oxygen atoms in total. The minimum atomic E-state index is -0.0672. The molecule has 1 atom stereocenters. The zero-order valence-corrected chi connectivity index (χ0v) is 15.7. The molecule has 3 aromatic rings. The Balaban J connectivity index is 1.40. The van der Waals surface area contributed by atoms with Gasteiger partial charge in [-0.1, -0.05) is 24.3 Å². The van der Waals surface area contributed by atoms with Gasteiger partial charge in [0.1, 0.15) is 5.69 Å². The number of fused-ring (bicyclic) bond motifs is 2. The highest BCUT2D eigenvalue weighted by atomic mass is 16.2. The fraction of sp³-hybridized carbons (Fsp3) is 0.364. The number of carbonyl (C=O) groups is 1. The summed E-state index contributed by atoms with van der Waals surface area (Å²) < 4.78 is 1.55. The Hall–Kier alpha value is -3.02. The van der Waals surface area contributed by atoms with E-state index in [-0.39, 0.29) is 17.5 Å². The maximum absolute atomic E-state index is 13.1. The minimum absolute atomic E-state index is 0.0228. The summed E-state index contributed by atoms with van der Waals surface area (Å²) >= 11 is 0. The molecule has 1 aliphatic carbocycles. The number of hydrogen-bond donors (Lipinski definition) is 0. The Kier molecular flexibility index (Phi) is 4.19. The van der Waals surface area contributed by atoms with Crippen LogP contribution in [0.2, 0.25) is 0 Å². The molecule has 1 fully saturated rings. The van der Waals surface area contributed by atoms with Crippen LogP contribution in [0.4, 0.5) is 0 Å². The number of aryl methyl sites for hydroxylation is 2. The van der Waals surface area contributed by atoms with Crippen LogP contribution >= 0.6 is 0 Å². The normalized spacial score (nSPS) is 18.6. The molecule has 0 spiro atoms. The number of hydrogen-bond acceptors (Lipinski definition) is 4. The number of para-hydroxylation sites is 1. The second kappa shape index (κ2) is 6.86. The number of likely N-dealkylation sites (tertiary alicyclic amines) is 1. The molecule has 0 radical (unpaired) electrons. The summed E-state index contributed by atoms with van der Waals surface area (Å²) in [7, 11) is 0. The minimum Gasteiger partial charge on any atom is -0.332 e. The van der Waals surface area contributed by atoms with Crippen molar-refractivity contribution in [3.63, 3.8) is 0 Å². The number of carbonyl (C=O) groups excluding carboxylic acids is 1. The summed E-state index contributed by atoms with van der Waals surface area (Å²) in [5.74, 6) is -0.0672. The van der Waals surface area contributed by atoms with Crippen molar-refractivity contribution in [3.8, 4) is 0 Å². The fourth-order valence-electron chi connectivity index (χ4n) is 4.39. The van der Waals surface area contributed by atoms with Crippen molar-refractivity contribution in [1.29, 1.82) is 0 Å². The molecule has 0 bridgehead atoms. The smallest absolute Gasteiger partial charge is 0.272 e. The highest BCUT2D eigenvalue weighted by molar-refractivity contribution is 5.95. The molecule has 1 amide bonds. The fourth-order valence-corrected chi connectivity index (χ4v) is 4.39. The van der Waals surface area contributed by atoms with Crippen LogP contribution in [0.25, 0.3) is 10.9 Å². The summed E-state index contributed by atoms with van der Waals surface area (Å²) in [6, 6.07) is 13.2. The van der Waals surface area contributed by atoms with Crippen molar-refractivity contribution in [2.24, 2.45) is 0 Å². The van der Waals surface area contributed by atoms with Gasteiger partial charge in [-0.15, -0.1) is 0 Å².